The molecular weight excluding hydrogens is 540 g/mol. The van der Waals surface area contributed by atoms with Crippen molar-refractivity contribution in [2.75, 3.05) is 19.0 Å². The lowest BCUT2D eigenvalue weighted by atomic mass is 10.1. The number of amides is 3. The Balaban J connectivity index is 1.49. The first kappa shape index (κ1) is 27.9. The Bertz CT molecular complexity index is 1580. The summed E-state index contributed by atoms with van der Waals surface area (Å²) in [6.07, 6.45) is 1.47. The van der Waals surface area contributed by atoms with Crippen LogP contribution < -0.4 is 14.2 Å². The number of nitrogens with zero attached hydrogens (tertiary/aromatic N) is 1. The van der Waals surface area contributed by atoms with Crippen LogP contribution in [0, 0.1) is 20.8 Å². The third kappa shape index (κ3) is 6.32. The van der Waals surface area contributed by atoms with Crippen LogP contribution in [0.3, 0.4) is 0 Å². The number of benzene rings is 3. The summed E-state index contributed by atoms with van der Waals surface area (Å²) in [5.41, 5.74) is 3.95. The molecule has 3 aromatic rings. The molecule has 1 heterocycles. The topological polar surface area (TPSA) is 119 Å². The molecule has 0 spiro atoms. The lowest BCUT2D eigenvalue weighted by molar-refractivity contribution is -0.127. The highest BCUT2D eigenvalue weighted by atomic mass is 32.2. The molecule has 1 saturated heterocycles. The fourth-order valence-electron chi connectivity index (χ4n) is 4.08. The Morgan fingerprint density at radius 1 is 0.974 bits per heavy atom. The fraction of sp³-hybridized carbons (Fsp3) is 0.179. The molecule has 0 saturated carbocycles. The maximum atomic E-state index is 13.0. The average molecular weight is 567 g/mol. The lowest BCUT2D eigenvalue weighted by Crippen LogP contribution is -2.36. The Labute approximate surface area is 230 Å². The minimum absolute atomic E-state index is 0.0125. The van der Waals surface area contributed by atoms with Crippen molar-refractivity contribution in [2.24, 2.45) is 0 Å². The number of hydrogen-bond donors (Lipinski definition) is 1. The first-order chi connectivity index (χ1) is 18.5. The minimum atomic E-state index is -4.09. The van der Waals surface area contributed by atoms with Crippen molar-refractivity contribution in [1.29, 1.82) is 0 Å². The monoisotopic (exact) mass is 566 g/mol. The summed E-state index contributed by atoms with van der Waals surface area (Å²) in [6, 6.07) is 16.0. The number of hydrogen-bond acceptors (Lipinski definition) is 8. The molecule has 11 heteroatoms. The third-order valence-electron chi connectivity index (χ3n) is 5.83. The molecule has 1 fully saturated rings. The van der Waals surface area contributed by atoms with Crippen molar-refractivity contribution in [3.63, 3.8) is 0 Å². The number of imide groups is 1. The minimum Gasteiger partial charge on any atom is -0.493 e. The summed E-state index contributed by atoms with van der Waals surface area (Å²) in [4.78, 5) is 39.2. The molecule has 39 heavy (non-hydrogen) atoms. The van der Waals surface area contributed by atoms with Gasteiger partial charge in [0, 0.05) is 5.69 Å². The van der Waals surface area contributed by atoms with Gasteiger partial charge in [0.2, 0.25) is 5.91 Å². The molecule has 4 rings (SSSR count). The normalized spacial score (nSPS) is 14.6. The molecule has 1 aliphatic heterocycles. The molecule has 0 radical (unpaired) electrons. The Morgan fingerprint density at radius 2 is 1.64 bits per heavy atom. The Kier molecular flexibility index (Phi) is 8.12. The lowest BCUT2D eigenvalue weighted by Gasteiger charge is -2.16. The molecule has 0 atom stereocenters. The number of ether oxygens (including phenoxy) is 1. The van der Waals surface area contributed by atoms with Gasteiger partial charge < -0.3 is 14.2 Å². The van der Waals surface area contributed by atoms with E-state index in [9.17, 15) is 22.8 Å². The van der Waals surface area contributed by atoms with Gasteiger partial charge in [-0.25, -0.2) is 0 Å². The first-order valence-corrected chi connectivity index (χ1v) is 14.0. The molecule has 1 aliphatic rings. The summed E-state index contributed by atoms with van der Waals surface area (Å²) < 4.78 is 35.7. The molecule has 0 unspecified atom stereocenters. The highest BCUT2D eigenvalue weighted by Crippen LogP contribution is 2.35. The number of rotatable bonds is 8. The number of thioether (sulfide) groups is 1. The van der Waals surface area contributed by atoms with Gasteiger partial charge in [-0.3, -0.25) is 19.3 Å². The van der Waals surface area contributed by atoms with Crippen LogP contribution in [-0.2, 0) is 19.7 Å². The van der Waals surface area contributed by atoms with Gasteiger partial charge in [-0.2, -0.15) is 8.42 Å². The highest BCUT2D eigenvalue weighted by Gasteiger charge is 2.36. The van der Waals surface area contributed by atoms with Gasteiger partial charge in [-0.15, -0.1) is 0 Å². The van der Waals surface area contributed by atoms with E-state index in [2.05, 4.69) is 5.32 Å². The molecule has 202 valence electrons. The number of carbonyl (C=O) groups is 3. The molecule has 3 aromatic carbocycles. The summed E-state index contributed by atoms with van der Waals surface area (Å²) in [6.45, 7) is 5.28. The Morgan fingerprint density at radius 3 is 2.28 bits per heavy atom. The van der Waals surface area contributed by atoms with E-state index >= 15 is 0 Å². The maximum absolute atomic E-state index is 13.0. The average Bonchev–Trinajstić information content (AvgIpc) is 3.14. The van der Waals surface area contributed by atoms with Crippen molar-refractivity contribution in [3.05, 3.63) is 87.8 Å². The number of aryl methyl sites for hydroxylation is 3. The first-order valence-electron chi connectivity index (χ1n) is 11.8. The predicted molar refractivity (Wildman–Crippen MR) is 149 cm³/mol. The van der Waals surface area contributed by atoms with Crippen LogP contribution in [0.1, 0.15) is 22.3 Å². The fourth-order valence-corrected chi connectivity index (χ4v) is 5.88. The molecule has 3 amide bonds. The maximum Gasteiger partial charge on any atom is 0.339 e. The molecule has 0 aromatic heterocycles. The van der Waals surface area contributed by atoms with E-state index in [1.165, 1.54) is 43.5 Å². The third-order valence-corrected chi connectivity index (χ3v) is 7.99. The van der Waals surface area contributed by atoms with Gasteiger partial charge in [0.25, 0.3) is 11.1 Å². The standard InChI is InChI=1S/C28H26N2O7S2/c1-17-12-18(2)26(19(3)13-17)29-25(31)16-30-27(32)24(38-28(30)33)15-20-10-11-22(23(14-20)36-4)37-39(34,35)21-8-6-5-7-9-21/h5-15H,16H2,1-4H3,(H,29,31)/b24-15-. The highest BCUT2D eigenvalue weighted by molar-refractivity contribution is 8.18. The van der Waals surface area contributed by atoms with Crippen molar-refractivity contribution >= 4 is 50.7 Å². The second-order valence-corrected chi connectivity index (χ2v) is 11.4. The molecule has 1 N–H and O–H groups in total. The zero-order chi connectivity index (χ0) is 28.3. The van der Waals surface area contributed by atoms with E-state index in [0.29, 0.717) is 23.0 Å². The van der Waals surface area contributed by atoms with Gasteiger partial charge in [0.1, 0.15) is 11.4 Å². The SMILES string of the molecule is COc1cc(/C=C2\SC(=O)N(CC(=O)Nc3c(C)cc(C)cc3C)C2=O)ccc1OS(=O)(=O)c1ccccc1. The Hall–Kier alpha value is -4.09. The van der Waals surface area contributed by atoms with Gasteiger partial charge in [0.05, 0.1) is 12.0 Å². The van der Waals surface area contributed by atoms with Crippen LogP contribution in [0.2, 0.25) is 0 Å². The zero-order valence-electron chi connectivity index (χ0n) is 21.7. The van der Waals surface area contributed by atoms with Crippen LogP contribution in [0.15, 0.2) is 70.5 Å². The predicted octanol–water partition coefficient (Wildman–Crippen LogP) is 5.06. The van der Waals surface area contributed by atoms with E-state index < -0.39 is 33.7 Å². The van der Waals surface area contributed by atoms with Crippen molar-refractivity contribution < 1.29 is 31.7 Å². The van der Waals surface area contributed by atoms with Crippen LogP contribution >= 0.6 is 11.8 Å². The van der Waals surface area contributed by atoms with Crippen LogP contribution in [0.4, 0.5) is 10.5 Å². The second kappa shape index (κ2) is 11.3. The van der Waals surface area contributed by atoms with E-state index in [1.807, 2.05) is 32.9 Å². The van der Waals surface area contributed by atoms with E-state index in [0.717, 1.165) is 21.6 Å². The van der Waals surface area contributed by atoms with E-state index in [1.54, 1.807) is 18.2 Å². The quantitative estimate of drug-likeness (QED) is 0.297. The van der Waals surface area contributed by atoms with Crippen molar-refractivity contribution in [3.8, 4) is 11.5 Å². The molecule has 0 aliphatic carbocycles. The van der Waals surface area contributed by atoms with Gasteiger partial charge in [-0.1, -0.05) is 42.0 Å². The van der Waals surface area contributed by atoms with Crippen molar-refractivity contribution in [2.45, 2.75) is 25.7 Å². The zero-order valence-corrected chi connectivity index (χ0v) is 23.3. The smallest absolute Gasteiger partial charge is 0.339 e. The molecule has 9 nitrogen and oxygen atoms in total. The summed E-state index contributed by atoms with van der Waals surface area (Å²) in [7, 11) is -2.74. The van der Waals surface area contributed by atoms with Crippen LogP contribution in [0.25, 0.3) is 6.08 Å². The second-order valence-electron chi connectivity index (χ2n) is 8.85. The number of nitrogens with one attached hydrogen (secondary N) is 1. The summed E-state index contributed by atoms with van der Waals surface area (Å²) >= 11 is 0.709. The van der Waals surface area contributed by atoms with Gasteiger partial charge in [-0.05, 0) is 79.6 Å². The van der Waals surface area contributed by atoms with E-state index in [4.69, 9.17) is 8.92 Å². The molecule has 0 bridgehead atoms. The van der Waals surface area contributed by atoms with Crippen LogP contribution in [-0.4, -0.2) is 44.0 Å². The van der Waals surface area contributed by atoms with Gasteiger partial charge >= 0.3 is 10.1 Å². The molecular formula is C28H26N2O7S2. The van der Waals surface area contributed by atoms with E-state index in [-0.39, 0.29) is 21.3 Å². The number of carbonyl (C=O) groups excluding carboxylic acids is 3. The van der Waals surface area contributed by atoms with Crippen molar-refractivity contribution in [1.82, 2.24) is 4.90 Å². The summed E-state index contributed by atoms with van der Waals surface area (Å²) in [5.74, 6) is -1.02. The van der Waals surface area contributed by atoms with Crippen LogP contribution in [0.5, 0.6) is 11.5 Å². The number of methoxy groups -OCH3 is 1. The largest absolute Gasteiger partial charge is 0.493 e. The summed E-state index contributed by atoms with van der Waals surface area (Å²) in [5, 5.41) is 2.23. The number of anilines is 1. The van der Waals surface area contributed by atoms with Gasteiger partial charge in [0.15, 0.2) is 11.5 Å².